The number of hydrogen-bond donors (Lipinski definition) is 2. The van der Waals surface area contributed by atoms with Gasteiger partial charge in [-0.25, -0.2) is 9.69 Å². The van der Waals surface area contributed by atoms with Crippen LogP contribution in [0.4, 0.5) is 5.69 Å². The largest absolute Gasteiger partial charge is 0.493 e. The Balaban J connectivity index is 1.96. The minimum atomic E-state index is -0.247. The topological polar surface area (TPSA) is 72.6 Å². The van der Waals surface area contributed by atoms with E-state index in [1.54, 1.807) is 26.4 Å². The molecule has 2 aromatic rings. The first-order valence-electron chi connectivity index (χ1n) is 7.12. The van der Waals surface area contributed by atoms with Gasteiger partial charge in [-0.15, -0.1) is 0 Å². The molecular weight excluding hydrogens is 296 g/mol. The summed E-state index contributed by atoms with van der Waals surface area (Å²) in [6, 6.07) is 12.9. The van der Waals surface area contributed by atoms with Crippen LogP contribution < -0.4 is 14.4 Å². The van der Waals surface area contributed by atoms with Crippen molar-refractivity contribution in [2.24, 2.45) is 5.16 Å². The molecule has 0 aromatic heterocycles. The van der Waals surface area contributed by atoms with E-state index >= 15 is 0 Å². The zero-order valence-corrected chi connectivity index (χ0v) is 12.9. The van der Waals surface area contributed by atoms with Crippen LogP contribution in [0, 0.1) is 0 Å². The fourth-order valence-electron chi connectivity index (χ4n) is 2.81. The minimum absolute atomic E-state index is 0.0936. The van der Waals surface area contributed by atoms with Gasteiger partial charge < -0.3 is 14.7 Å². The van der Waals surface area contributed by atoms with E-state index in [9.17, 15) is 4.79 Å². The number of amides is 1. The van der Waals surface area contributed by atoms with Gasteiger partial charge in [0.05, 0.1) is 19.8 Å². The lowest BCUT2D eigenvalue weighted by atomic mass is 10.1. The second-order valence-electron chi connectivity index (χ2n) is 5.17. The molecule has 1 aliphatic heterocycles. The van der Waals surface area contributed by atoms with E-state index < -0.39 is 0 Å². The smallest absolute Gasteiger partial charge is 0.372 e. The van der Waals surface area contributed by atoms with Gasteiger partial charge in [0.1, 0.15) is 12.2 Å². The molecule has 1 heterocycles. The van der Waals surface area contributed by atoms with Crippen LogP contribution >= 0.6 is 0 Å². The van der Waals surface area contributed by atoms with Crippen molar-refractivity contribution in [2.45, 2.75) is 6.54 Å². The highest BCUT2D eigenvalue weighted by atomic mass is 16.5. The maximum atomic E-state index is 12.5. The lowest BCUT2D eigenvalue weighted by Gasteiger charge is -2.13. The predicted octanol–water partition coefficient (Wildman–Crippen LogP) is 1.14. The molecule has 1 unspecified atom stereocenters. The molecule has 3 rings (SSSR count). The van der Waals surface area contributed by atoms with Gasteiger partial charge >= 0.3 is 5.91 Å². The first-order chi connectivity index (χ1) is 11.2. The van der Waals surface area contributed by atoms with Crippen molar-refractivity contribution < 1.29 is 24.4 Å². The summed E-state index contributed by atoms with van der Waals surface area (Å²) in [6.07, 6.45) is 0. The maximum Gasteiger partial charge on any atom is 0.372 e. The molecule has 1 atom stereocenters. The van der Waals surface area contributed by atoms with Crippen LogP contribution in [0.2, 0.25) is 0 Å². The summed E-state index contributed by atoms with van der Waals surface area (Å²) in [6.45, 7) is 0.426. The Labute approximate surface area is 133 Å². The molecule has 1 amide bonds. The molecule has 118 valence electrons. The molecule has 2 N–H and O–H groups in total. The third-order valence-corrected chi connectivity index (χ3v) is 3.93. The van der Waals surface area contributed by atoms with Gasteiger partial charge in [0.25, 0.3) is 0 Å². The quantitative estimate of drug-likeness (QED) is 0.656. The zero-order valence-electron chi connectivity index (χ0n) is 12.9. The number of carbonyl (C=O) groups excluding carboxylic acids is 1. The Morgan fingerprint density at radius 1 is 1.09 bits per heavy atom. The van der Waals surface area contributed by atoms with E-state index in [0.29, 0.717) is 28.5 Å². The van der Waals surface area contributed by atoms with E-state index in [2.05, 4.69) is 5.16 Å². The second-order valence-corrected chi connectivity index (χ2v) is 5.17. The highest BCUT2D eigenvalue weighted by Crippen LogP contribution is 2.27. The number of fused-ring (bicyclic) bond motifs is 1. The highest BCUT2D eigenvalue weighted by Gasteiger charge is 2.40. The van der Waals surface area contributed by atoms with Crippen LogP contribution in [0.1, 0.15) is 11.1 Å². The number of ether oxygens (including phenoxy) is 2. The number of hydrogen-bond acceptors (Lipinski definition) is 5. The first kappa shape index (κ1) is 15.1. The lowest BCUT2D eigenvalue weighted by Crippen LogP contribution is -3.07. The Hall–Kier alpha value is -2.86. The van der Waals surface area contributed by atoms with Gasteiger partial charge in [0.2, 0.25) is 5.71 Å². The number of quaternary nitrogens is 1. The monoisotopic (exact) mass is 313 g/mol. The number of nitrogens with zero attached hydrogens (tertiary/aromatic N) is 1. The van der Waals surface area contributed by atoms with Crippen LogP contribution in [-0.2, 0) is 11.3 Å². The molecule has 23 heavy (non-hydrogen) atoms. The Kier molecular flexibility index (Phi) is 3.99. The first-order valence-corrected chi connectivity index (χ1v) is 7.12. The summed E-state index contributed by atoms with van der Waals surface area (Å²) in [5, 5.41) is 12.3. The van der Waals surface area contributed by atoms with Gasteiger partial charge in [0.15, 0.2) is 11.5 Å². The van der Waals surface area contributed by atoms with Crippen LogP contribution in [0.25, 0.3) is 0 Å². The molecule has 2 aromatic carbocycles. The fourth-order valence-corrected chi connectivity index (χ4v) is 2.81. The Morgan fingerprint density at radius 2 is 1.83 bits per heavy atom. The third kappa shape index (κ3) is 2.53. The second kappa shape index (κ2) is 6.10. The average Bonchev–Trinajstić information content (AvgIpc) is 2.86. The van der Waals surface area contributed by atoms with E-state index in [4.69, 9.17) is 14.7 Å². The van der Waals surface area contributed by atoms with E-state index in [1.807, 2.05) is 30.3 Å². The molecule has 1 aliphatic rings. The summed E-state index contributed by atoms with van der Waals surface area (Å²) in [7, 11) is 3.15. The molecular formula is C17H17N2O4+. The van der Waals surface area contributed by atoms with Crippen molar-refractivity contribution in [3.05, 3.63) is 53.6 Å². The average molecular weight is 313 g/mol. The number of methoxy groups -OCH3 is 2. The van der Waals surface area contributed by atoms with Gasteiger partial charge in [0, 0.05) is 11.6 Å². The molecule has 0 radical (unpaired) electrons. The van der Waals surface area contributed by atoms with Gasteiger partial charge in [-0.3, -0.25) is 0 Å². The molecule has 0 fully saturated rings. The van der Waals surface area contributed by atoms with Crippen LogP contribution in [0.3, 0.4) is 0 Å². The molecule has 0 spiro atoms. The number of para-hydroxylation sites is 1. The van der Waals surface area contributed by atoms with Gasteiger partial charge in [-0.2, -0.15) is 0 Å². The van der Waals surface area contributed by atoms with Crippen molar-refractivity contribution in [1.29, 1.82) is 0 Å². The summed E-state index contributed by atoms with van der Waals surface area (Å²) < 4.78 is 10.5. The predicted molar refractivity (Wildman–Crippen MR) is 83.6 cm³/mol. The number of carbonyl (C=O) groups is 1. The number of benzene rings is 2. The van der Waals surface area contributed by atoms with E-state index in [1.165, 1.54) is 0 Å². The number of nitrogens with one attached hydrogen (secondary N) is 1. The molecule has 0 bridgehead atoms. The van der Waals surface area contributed by atoms with Crippen LogP contribution in [-0.4, -0.2) is 31.0 Å². The van der Waals surface area contributed by atoms with E-state index in [0.717, 1.165) is 11.3 Å². The van der Waals surface area contributed by atoms with Gasteiger partial charge in [-0.05, 0) is 24.3 Å². The summed E-state index contributed by atoms with van der Waals surface area (Å²) in [4.78, 5) is 13.1. The SMILES string of the molecule is COc1ccc(C[NH+]2C(=O)C(=NO)c3ccccc32)cc1OC. The molecule has 6 heteroatoms. The normalized spacial score (nSPS) is 18.1. The van der Waals surface area contributed by atoms with Crippen LogP contribution in [0.15, 0.2) is 47.6 Å². The third-order valence-electron chi connectivity index (χ3n) is 3.93. The van der Waals surface area contributed by atoms with Crippen LogP contribution in [0.5, 0.6) is 11.5 Å². The van der Waals surface area contributed by atoms with Crippen molar-refractivity contribution >= 4 is 17.3 Å². The lowest BCUT2D eigenvalue weighted by molar-refractivity contribution is -0.757. The Bertz CT molecular complexity index is 786. The van der Waals surface area contributed by atoms with Gasteiger partial charge in [-0.1, -0.05) is 17.3 Å². The summed E-state index contributed by atoms with van der Waals surface area (Å²) in [5.74, 6) is 1.00. The van der Waals surface area contributed by atoms with Crippen molar-refractivity contribution in [3.8, 4) is 11.5 Å². The Morgan fingerprint density at radius 3 is 2.52 bits per heavy atom. The number of oxime groups is 1. The number of rotatable bonds is 4. The fraction of sp³-hybridized carbons (Fsp3) is 0.176. The zero-order chi connectivity index (χ0) is 16.4. The van der Waals surface area contributed by atoms with Crippen molar-refractivity contribution in [1.82, 2.24) is 0 Å². The molecule has 0 saturated heterocycles. The summed E-state index contributed by atoms with van der Waals surface area (Å²) >= 11 is 0. The summed E-state index contributed by atoms with van der Waals surface area (Å²) in [5.41, 5.74) is 2.48. The molecule has 6 nitrogen and oxygen atoms in total. The van der Waals surface area contributed by atoms with Crippen molar-refractivity contribution in [3.63, 3.8) is 0 Å². The highest BCUT2D eigenvalue weighted by molar-refractivity contribution is 6.45. The maximum absolute atomic E-state index is 12.5. The standard InChI is InChI=1S/C17H16N2O4/c1-22-14-8-7-11(9-15(14)23-2)10-19-13-6-4-3-5-12(13)16(18-21)17(19)20/h3-9,21H,10H2,1-2H3/p+1. The molecule has 0 aliphatic carbocycles. The van der Waals surface area contributed by atoms with E-state index in [-0.39, 0.29) is 11.6 Å². The van der Waals surface area contributed by atoms with Crippen molar-refractivity contribution in [2.75, 3.05) is 14.2 Å². The molecule has 0 saturated carbocycles. The minimum Gasteiger partial charge on any atom is -0.493 e.